The first-order chi connectivity index (χ1) is 9.56. The summed E-state index contributed by atoms with van der Waals surface area (Å²) in [5.41, 5.74) is 1.53. The van der Waals surface area contributed by atoms with Crippen LogP contribution in [0.15, 0.2) is 60.0 Å². The minimum Gasteiger partial charge on any atom is -0.506 e. The van der Waals surface area contributed by atoms with Crippen LogP contribution in [0.4, 0.5) is 0 Å². The number of benzene rings is 2. The van der Waals surface area contributed by atoms with Crippen LogP contribution in [0.3, 0.4) is 0 Å². The first-order valence-electron chi connectivity index (χ1n) is 5.56. The average Bonchev–Trinajstić information content (AvgIpc) is 2.42. The smallest absolute Gasteiger partial charge is 0.138 e. The molecule has 0 unspecified atom stereocenters. The maximum atomic E-state index is 9.85. The first-order valence-corrected chi connectivity index (χ1v) is 7.94. The Hall–Kier alpha value is -0.980. The maximum Gasteiger partial charge on any atom is 0.138 e. The first kappa shape index (κ1) is 15.4. The summed E-state index contributed by atoms with van der Waals surface area (Å²) in [6.45, 7) is 0. The van der Waals surface area contributed by atoms with Gasteiger partial charge in [0.05, 0.1) is 16.9 Å². The van der Waals surface area contributed by atoms with Gasteiger partial charge in [0, 0.05) is 14.5 Å². The molecule has 0 atom stereocenters. The third-order valence-electron chi connectivity index (χ3n) is 2.40. The molecule has 2 rings (SSSR count). The van der Waals surface area contributed by atoms with Crippen molar-refractivity contribution in [2.75, 3.05) is 0 Å². The molecular formula is C14H9Br3N2O. The van der Waals surface area contributed by atoms with E-state index in [2.05, 4.69) is 58.0 Å². The van der Waals surface area contributed by atoms with Crippen molar-refractivity contribution >= 4 is 60.2 Å². The molecule has 0 spiro atoms. The highest BCUT2D eigenvalue weighted by Gasteiger charge is 2.04. The zero-order chi connectivity index (χ0) is 14.5. The van der Waals surface area contributed by atoms with Crippen molar-refractivity contribution in [1.29, 1.82) is 0 Å². The normalized spacial score (nSPS) is 11.6. The van der Waals surface area contributed by atoms with Crippen molar-refractivity contribution in [3.8, 4) is 5.75 Å². The van der Waals surface area contributed by atoms with E-state index in [-0.39, 0.29) is 5.75 Å². The summed E-state index contributed by atoms with van der Waals surface area (Å²) in [6.07, 6.45) is 3.15. The molecule has 0 aliphatic rings. The van der Waals surface area contributed by atoms with Crippen molar-refractivity contribution in [2.24, 2.45) is 10.2 Å². The van der Waals surface area contributed by atoms with Gasteiger partial charge in [-0.15, -0.1) is 0 Å². The molecule has 2 aromatic carbocycles. The van der Waals surface area contributed by atoms with Crippen LogP contribution in [0.25, 0.3) is 0 Å². The molecule has 20 heavy (non-hydrogen) atoms. The summed E-state index contributed by atoms with van der Waals surface area (Å²) >= 11 is 9.99. The lowest BCUT2D eigenvalue weighted by Gasteiger charge is -2.01. The molecule has 0 amide bonds. The van der Waals surface area contributed by atoms with Gasteiger partial charge in [-0.3, -0.25) is 0 Å². The van der Waals surface area contributed by atoms with Crippen molar-refractivity contribution < 1.29 is 5.11 Å². The topological polar surface area (TPSA) is 45.0 Å². The summed E-state index contributed by atoms with van der Waals surface area (Å²) < 4.78 is 2.47. The van der Waals surface area contributed by atoms with Crippen LogP contribution in [-0.4, -0.2) is 17.5 Å². The second kappa shape index (κ2) is 7.15. The molecule has 0 bridgehead atoms. The van der Waals surface area contributed by atoms with Gasteiger partial charge in [0.2, 0.25) is 0 Å². The highest BCUT2D eigenvalue weighted by molar-refractivity contribution is 9.11. The Bertz CT molecular complexity index is 667. The van der Waals surface area contributed by atoms with Crippen LogP contribution < -0.4 is 0 Å². The molecule has 0 radical (unpaired) electrons. The molecule has 0 aliphatic heterocycles. The van der Waals surface area contributed by atoms with E-state index >= 15 is 0 Å². The van der Waals surface area contributed by atoms with Gasteiger partial charge in [-0.25, -0.2) is 0 Å². The molecule has 102 valence electrons. The minimum atomic E-state index is 0.135. The highest BCUT2D eigenvalue weighted by Crippen LogP contribution is 2.30. The van der Waals surface area contributed by atoms with Crippen LogP contribution in [0.2, 0.25) is 0 Å². The Morgan fingerprint density at radius 2 is 1.50 bits per heavy atom. The SMILES string of the molecule is Oc1c(Br)cc(Br)cc1/C=N/N=C/c1ccc(Br)cc1. The van der Waals surface area contributed by atoms with Crippen molar-refractivity contribution in [3.63, 3.8) is 0 Å². The highest BCUT2D eigenvalue weighted by atomic mass is 79.9. The van der Waals surface area contributed by atoms with E-state index in [9.17, 15) is 5.11 Å². The molecular weight excluding hydrogens is 452 g/mol. The van der Waals surface area contributed by atoms with E-state index in [1.54, 1.807) is 18.3 Å². The lowest BCUT2D eigenvalue weighted by molar-refractivity contribution is 0.471. The van der Waals surface area contributed by atoms with Gasteiger partial charge in [0.25, 0.3) is 0 Å². The average molecular weight is 461 g/mol. The van der Waals surface area contributed by atoms with Crippen LogP contribution in [0.5, 0.6) is 5.75 Å². The number of phenolic OH excluding ortho intramolecular Hbond substituents is 1. The van der Waals surface area contributed by atoms with Crippen LogP contribution >= 0.6 is 47.8 Å². The Morgan fingerprint density at radius 3 is 2.20 bits per heavy atom. The summed E-state index contributed by atoms with van der Waals surface area (Å²) in [4.78, 5) is 0. The fraction of sp³-hybridized carbons (Fsp3) is 0. The molecule has 2 aromatic rings. The molecule has 0 aromatic heterocycles. The van der Waals surface area contributed by atoms with Crippen LogP contribution in [-0.2, 0) is 0 Å². The lowest BCUT2D eigenvalue weighted by atomic mass is 10.2. The number of aromatic hydroxyl groups is 1. The predicted octanol–water partition coefficient (Wildman–Crippen LogP) is 5.13. The maximum absolute atomic E-state index is 9.85. The second-order valence-corrected chi connectivity index (χ2v) is 6.55. The molecule has 0 saturated carbocycles. The van der Waals surface area contributed by atoms with Crippen molar-refractivity contribution in [2.45, 2.75) is 0 Å². The van der Waals surface area contributed by atoms with Gasteiger partial charge >= 0.3 is 0 Å². The summed E-state index contributed by atoms with van der Waals surface area (Å²) in [5, 5.41) is 17.7. The number of phenols is 1. The number of halogens is 3. The van der Waals surface area contributed by atoms with Gasteiger partial charge in [-0.05, 0) is 45.8 Å². The summed E-state index contributed by atoms with van der Waals surface area (Å²) in [7, 11) is 0. The van der Waals surface area contributed by atoms with E-state index in [0.717, 1.165) is 14.5 Å². The summed E-state index contributed by atoms with van der Waals surface area (Å²) in [5.74, 6) is 0.135. The van der Waals surface area contributed by atoms with Gasteiger partial charge in [-0.2, -0.15) is 10.2 Å². The number of rotatable bonds is 3. The Morgan fingerprint density at radius 1 is 0.850 bits per heavy atom. The molecule has 0 fully saturated rings. The molecule has 3 nitrogen and oxygen atoms in total. The van der Waals surface area contributed by atoms with Crippen LogP contribution in [0, 0.1) is 0 Å². The van der Waals surface area contributed by atoms with Crippen molar-refractivity contribution in [3.05, 3.63) is 60.9 Å². The number of hydrogen-bond acceptors (Lipinski definition) is 3. The quantitative estimate of drug-likeness (QED) is 0.500. The summed E-state index contributed by atoms with van der Waals surface area (Å²) in [6, 6.07) is 11.2. The zero-order valence-corrected chi connectivity index (χ0v) is 14.9. The Kier molecular flexibility index (Phi) is 5.51. The fourth-order valence-electron chi connectivity index (χ4n) is 1.43. The molecule has 0 aliphatic carbocycles. The van der Waals surface area contributed by atoms with E-state index in [1.807, 2.05) is 24.3 Å². The Labute approximate surface area is 141 Å². The van der Waals surface area contributed by atoms with E-state index < -0.39 is 0 Å². The van der Waals surface area contributed by atoms with E-state index in [1.165, 1.54) is 6.21 Å². The van der Waals surface area contributed by atoms with Gasteiger partial charge < -0.3 is 5.11 Å². The van der Waals surface area contributed by atoms with Crippen molar-refractivity contribution in [1.82, 2.24) is 0 Å². The van der Waals surface area contributed by atoms with Crippen LogP contribution in [0.1, 0.15) is 11.1 Å². The minimum absolute atomic E-state index is 0.135. The fourth-order valence-corrected chi connectivity index (χ4v) is 2.95. The second-order valence-electron chi connectivity index (χ2n) is 3.87. The number of hydrogen-bond donors (Lipinski definition) is 1. The van der Waals surface area contributed by atoms with Gasteiger partial charge in [0.15, 0.2) is 0 Å². The third kappa shape index (κ3) is 4.26. The van der Waals surface area contributed by atoms with Gasteiger partial charge in [0.1, 0.15) is 5.75 Å². The zero-order valence-electron chi connectivity index (χ0n) is 10.1. The largest absolute Gasteiger partial charge is 0.506 e. The Balaban J connectivity index is 2.12. The standard InChI is InChI=1S/C14H9Br3N2O/c15-11-3-1-9(2-4-11)7-18-19-8-10-5-12(16)6-13(17)14(10)20/h1-8,20H/b18-7+,19-8+. The van der Waals surface area contributed by atoms with E-state index in [4.69, 9.17) is 0 Å². The lowest BCUT2D eigenvalue weighted by Crippen LogP contribution is -1.84. The molecule has 0 saturated heterocycles. The molecule has 0 heterocycles. The predicted molar refractivity (Wildman–Crippen MR) is 92.8 cm³/mol. The third-order valence-corrected chi connectivity index (χ3v) is 3.99. The molecule has 6 heteroatoms. The number of nitrogens with zero attached hydrogens (tertiary/aromatic N) is 2. The van der Waals surface area contributed by atoms with Gasteiger partial charge in [-0.1, -0.05) is 44.0 Å². The monoisotopic (exact) mass is 458 g/mol. The molecule has 1 N–H and O–H groups in total. The van der Waals surface area contributed by atoms with E-state index in [0.29, 0.717) is 10.0 Å².